The number of aryl methyl sites for hydroxylation is 1. The summed E-state index contributed by atoms with van der Waals surface area (Å²) < 4.78 is 43.2. The van der Waals surface area contributed by atoms with Gasteiger partial charge in [0.15, 0.2) is 17.2 Å². The molecule has 0 spiro atoms. The van der Waals surface area contributed by atoms with Gasteiger partial charge in [-0.1, -0.05) is 26.3 Å². The Morgan fingerprint density at radius 1 is 1.07 bits per heavy atom. The first-order valence-electron chi connectivity index (χ1n) is 13.6. The second-order valence-corrected chi connectivity index (χ2v) is 11.6. The Morgan fingerprint density at radius 2 is 1.78 bits per heavy atom. The van der Waals surface area contributed by atoms with Crippen molar-refractivity contribution < 1.29 is 27.8 Å². The number of hydrogen-bond acceptors (Lipinski definition) is 6. The summed E-state index contributed by atoms with van der Waals surface area (Å²) in [5.74, 6) is -1.64. The van der Waals surface area contributed by atoms with E-state index in [1.165, 1.54) is 18.2 Å². The maximum Gasteiger partial charge on any atom is 0.306 e. The van der Waals surface area contributed by atoms with Crippen LogP contribution < -0.4 is 4.74 Å². The monoisotopic (exact) mass is 566 g/mol. The predicted octanol–water partition coefficient (Wildman–Crippen LogP) is 6.80. The largest absolute Gasteiger partial charge is 0.485 e. The first-order valence-corrected chi connectivity index (χ1v) is 13.6. The van der Waals surface area contributed by atoms with Gasteiger partial charge in [0, 0.05) is 31.1 Å². The van der Waals surface area contributed by atoms with E-state index in [0.717, 1.165) is 0 Å². The highest BCUT2D eigenvalue weighted by molar-refractivity contribution is 5.97. The molecule has 41 heavy (non-hydrogen) atoms. The molecular formula is C31H36F2N4O4. The number of rotatable bonds is 11. The number of nitrogens with zero attached hydrogens (tertiary/aromatic N) is 4. The average molecular weight is 567 g/mol. The van der Waals surface area contributed by atoms with Gasteiger partial charge < -0.3 is 9.47 Å². The lowest BCUT2D eigenvalue weighted by atomic mass is 9.79. The van der Waals surface area contributed by atoms with Gasteiger partial charge in [-0.15, -0.1) is 0 Å². The fraction of sp³-hybridized carbons (Fsp3) is 0.419. The van der Waals surface area contributed by atoms with Crippen molar-refractivity contribution >= 4 is 17.4 Å². The Bertz CT molecular complexity index is 1540. The molecule has 0 saturated heterocycles. The van der Waals surface area contributed by atoms with Gasteiger partial charge in [-0.05, 0) is 57.7 Å². The van der Waals surface area contributed by atoms with Crippen molar-refractivity contribution in [1.29, 1.82) is 0 Å². The Hall–Kier alpha value is -4.08. The molecular weight excluding hydrogens is 530 g/mol. The highest BCUT2D eigenvalue weighted by atomic mass is 19.1. The van der Waals surface area contributed by atoms with Crippen LogP contribution in [0.4, 0.5) is 8.78 Å². The molecule has 3 heterocycles. The zero-order chi connectivity index (χ0) is 29.9. The third-order valence-corrected chi connectivity index (χ3v) is 7.11. The zero-order valence-corrected chi connectivity index (χ0v) is 24.3. The SMILES string of the molecule is CCC(C)(CCC(=O)c1c(C)nc2c(OCc3c(F)cccc3F)cc(-n3cccn3)cn12)CC(=O)OC(C)(C)C. The fourth-order valence-electron chi connectivity index (χ4n) is 4.67. The second-order valence-electron chi connectivity index (χ2n) is 11.6. The van der Waals surface area contributed by atoms with Gasteiger partial charge in [-0.3, -0.25) is 14.0 Å². The van der Waals surface area contributed by atoms with Gasteiger partial charge in [-0.25, -0.2) is 18.4 Å². The van der Waals surface area contributed by atoms with E-state index in [4.69, 9.17) is 9.47 Å². The van der Waals surface area contributed by atoms with Gasteiger partial charge in [0.25, 0.3) is 0 Å². The number of Topliss-reactive ketones (excluding diaryl/α,β-unsaturated/α-hetero) is 1. The van der Waals surface area contributed by atoms with Gasteiger partial charge in [0.2, 0.25) is 0 Å². The molecule has 1 unspecified atom stereocenters. The second kappa shape index (κ2) is 11.8. The van der Waals surface area contributed by atoms with Crippen molar-refractivity contribution in [2.75, 3.05) is 0 Å². The molecule has 1 aromatic carbocycles. The van der Waals surface area contributed by atoms with E-state index in [-0.39, 0.29) is 42.5 Å². The molecule has 0 bridgehead atoms. The number of hydrogen-bond donors (Lipinski definition) is 0. The molecule has 0 N–H and O–H groups in total. The highest BCUT2D eigenvalue weighted by Gasteiger charge is 2.30. The van der Waals surface area contributed by atoms with Gasteiger partial charge in [-0.2, -0.15) is 5.10 Å². The quantitative estimate of drug-likeness (QED) is 0.147. The summed E-state index contributed by atoms with van der Waals surface area (Å²) >= 11 is 0. The molecule has 4 rings (SSSR count). The Balaban J connectivity index is 1.65. The minimum Gasteiger partial charge on any atom is -0.485 e. The predicted molar refractivity (Wildman–Crippen MR) is 150 cm³/mol. The summed E-state index contributed by atoms with van der Waals surface area (Å²) in [7, 11) is 0. The number of ketones is 1. The van der Waals surface area contributed by atoms with E-state index in [2.05, 4.69) is 10.1 Å². The Labute approximate surface area is 238 Å². The lowest BCUT2D eigenvalue weighted by Crippen LogP contribution is -2.29. The van der Waals surface area contributed by atoms with Crippen LogP contribution in [0, 0.1) is 24.0 Å². The molecule has 10 heteroatoms. The number of fused-ring (bicyclic) bond motifs is 1. The number of aromatic nitrogens is 4. The number of carbonyl (C=O) groups excluding carboxylic acids is 2. The zero-order valence-electron chi connectivity index (χ0n) is 24.3. The number of halogens is 2. The molecule has 0 aliphatic heterocycles. The molecule has 0 fully saturated rings. The summed E-state index contributed by atoms with van der Waals surface area (Å²) in [4.78, 5) is 30.8. The van der Waals surface area contributed by atoms with Crippen molar-refractivity contribution in [2.24, 2.45) is 5.41 Å². The van der Waals surface area contributed by atoms with Crippen molar-refractivity contribution in [3.8, 4) is 11.4 Å². The van der Waals surface area contributed by atoms with Crippen molar-refractivity contribution in [3.05, 3.63) is 77.5 Å². The van der Waals surface area contributed by atoms with Crippen LogP contribution >= 0.6 is 0 Å². The molecule has 1 atom stereocenters. The molecule has 0 saturated carbocycles. The normalized spacial score (nSPS) is 13.3. The number of pyridine rings is 1. The van der Waals surface area contributed by atoms with Crippen LogP contribution in [0.1, 0.15) is 82.0 Å². The first-order chi connectivity index (χ1) is 19.3. The van der Waals surface area contributed by atoms with Crippen molar-refractivity contribution in [3.63, 3.8) is 0 Å². The lowest BCUT2D eigenvalue weighted by molar-refractivity contribution is -0.157. The Morgan fingerprint density at radius 3 is 2.39 bits per heavy atom. The minimum absolute atomic E-state index is 0.150. The average Bonchev–Trinajstić information content (AvgIpc) is 3.53. The third-order valence-electron chi connectivity index (χ3n) is 7.11. The minimum atomic E-state index is -0.718. The summed E-state index contributed by atoms with van der Waals surface area (Å²) in [6.07, 6.45) is 6.63. The number of imidazole rings is 1. The molecule has 0 aliphatic rings. The van der Waals surface area contributed by atoms with Crippen LogP contribution in [-0.2, 0) is 16.1 Å². The topological polar surface area (TPSA) is 87.7 Å². The van der Waals surface area contributed by atoms with E-state index in [9.17, 15) is 18.4 Å². The molecule has 3 aromatic heterocycles. The number of benzene rings is 1. The van der Waals surface area contributed by atoms with Gasteiger partial charge in [0.1, 0.15) is 29.5 Å². The standard InChI is InChI=1S/C31H36F2N4O4/c1-7-31(6,17-27(39)41-30(3,4)5)13-12-25(38)28-20(2)35-29-26(40-19-22-23(32)10-8-11-24(22)33)16-21(18-36(28)29)37-15-9-14-34-37/h8-11,14-16,18H,7,12-13,17,19H2,1-6H3. The van der Waals surface area contributed by atoms with Gasteiger partial charge in [0.05, 0.1) is 23.4 Å². The summed E-state index contributed by atoms with van der Waals surface area (Å²) in [6.45, 7) is 10.8. The summed E-state index contributed by atoms with van der Waals surface area (Å²) in [5, 5.41) is 4.27. The fourth-order valence-corrected chi connectivity index (χ4v) is 4.67. The number of ether oxygens (including phenoxy) is 2. The molecule has 8 nitrogen and oxygen atoms in total. The number of carbonyl (C=O) groups is 2. The van der Waals surface area contributed by atoms with E-state index in [0.29, 0.717) is 35.6 Å². The first kappa shape index (κ1) is 29.9. The summed E-state index contributed by atoms with van der Waals surface area (Å²) in [5.41, 5.74) is 0.543. The molecule has 0 aliphatic carbocycles. The van der Waals surface area contributed by atoms with E-state index in [1.807, 2.05) is 34.6 Å². The maximum atomic E-state index is 14.3. The summed E-state index contributed by atoms with van der Waals surface area (Å²) in [6, 6.07) is 7.04. The molecule has 0 radical (unpaired) electrons. The molecule has 218 valence electrons. The Kier molecular flexibility index (Phi) is 8.60. The maximum absolute atomic E-state index is 14.3. The van der Waals surface area contributed by atoms with Crippen LogP contribution in [0.5, 0.6) is 5.75 Å². The third kappa shape index (κ3) is 6.99. The van der Waals surface area contributed by atoms with Crippen LogP contribution in [0.15, 0.2) is 48.9 Å². The lowest BCUT2D eigenvalue weighted by Gasteiger charge is -2.29. The van der Waals surface area contributed by atoms with Crippen LogP contribution in [-0.4, -0.2) is 36.5 Å². The van der Waals surface area contributed by atoms with Crippen LogP contribution in [0.3, 0.4) is 0 Å². The molecule has 4 aromatic rings. The number of esters is 1. The van der Waals surface area contributed by atoms with E-state index in [1.54, 1.807) is 46.7 Å². The van der Waals surface area contributed by atoms with Crippen molar-refractivity contribution in [2.45, 2.75) is 79.4 Å². The smallest absolute Gasteiger partial charge is 0.306 e. The van der Waals surface area contributed by atoms with Crippen LogP contribution in [0.25, 0.3) is 11.3 Å². The van der Waals surface area contributed by atoms with E-state index < -0.39 is 22.7 Å². The van der Waals surface area contributed by atoms with Crippen LogP contribution in [0.2, 0.25) is 0 Å². The highest BCUT2D eigenvalue weighted by Crippen LogP contribution is 2.34. The van der Waals surface area contributed by atoms with Gasteiger partial charge >= 0.3 is 5.97 Å². The molecule has 0 amide bonds. The van der Waals surface area contributed by atoms with Crippen molar-refractivity contribution in [1.82, 2.24) is 19.2 Å². The van der Waals surface area contributed by atoms with E-state index >= 15 is 0 Å².